The highest BCUT2D eigenvalue weighted by atomic mass is 19.1. The van der Waals surface area contributed by atoms with E-state index >= 15 is 0 Å². The lowest BCUT2D eigenvalue weighted by Crippen LogP contribution is -2.12. The molecule has 1 heterocycles. The molecule has 3 aromatic carbocycles. The Morgan fingerprint density at radius 3 is 2.71 bits per heavy atom. The summed E-state index contributed by atoms with van der Waals surface area (Å²) in [4.78, 5) is 20.3. The number of carbonyl (C=O) groups excluding carboxylic acids is 1. The molecule has 1 aromatic heterocycles. The normalized spacial score (nSPS) is 10.9. The van der Waals surface area contributed by atoms with Crippen molar-refractivity contribution < 1.29 is 9.18 Å². The summed E-state index contributed by atoms with van der Waals surface area (Å²) in [6, 6.07) is 20.1. The molecule has 0 aliphatic heterocycles. The molecule has 0 atom stereocenters. The molecule has 0 aliphatic carbocycles. The molecule has 0 radical (unpaired) electrons. The van der Waals surface area contributed by atoms with Crippen LogP contribution < -0.4 is 5.32 Å². The number of aromatic nitrogens is 2. The predicted octanol–water partition coefficient (Wildman–Crippen LogP) is 5.05. The van der Waals surface area contributed by atoms with Crippen LogP contribution in [0.15, 0.2) is 66.7 Å². The molecule has 5 heteroatoms. The number of hydrogen-bond donors (Lipinski definition) is 2. The van der Waals surface area contributed by atoms with Crippen molar-refractivity contribution in [3.8, 4) is 0 Å². The van der Waals surface area contributed by atoms with Gasteiger partial charge in [0.25, 0.3) is 5.91 Å². The van der Waals surface area contributed by atoms with E-state index in [1.807, 2.05) is 48.5 Å². The Bertz CT molecular complexity index is 1120. The number of rotatable bonds is 5. The van der Waals surface area contributed by atoms with Crippen molar-refractivity contribution in [1.82, 2.24) is 9.97 Å². The Balaban J connectivity index is 1.43. The zero-order chi connectivity index (χ0) is 19.5. The lowest BCUT2D eigenvalue weighted by Gasteiger charge is -2.08. The highest BCUT2D eigenvalue weighted by molar-refractivity contribution is 6.04. The topological polar surface area (TPSA) is 57.8 Å². The van der Waals surface area contributed by atoms with Gasteiger partial charge in [-0.05, 0) is 60.9 Å². The summed E-state index contributed by atoms with van der Waals surface area (Å²) in [5.74, 6) is 0.228. The minimum absolute atomic E-state index is 0.302. The summed E-state index contributed by atoms with van der Waals surface area (Å²) in [7, 11) is 0. The number of amides is 1. The molecule has 28 heavy (non-hydrogen) atoms. The smallest absolute Gasteiger partial charge is 0.255 e. The van der Waals surface area contributed by atoms with Crippen molar-refractivity contribution in [3.05, 3.63) is 95.1 Å². The maximum absolute atomic E-state index is 13.7. The number of aryl methyl sites for hydroxylation is 3. The van der Waals surface area contributed by atoms with Crippen molar-refractivity contribution in [2.75, 3.05) is 5.32 Å². The summed E-state index contributed by atoms with van der Waals surface area (Å²) < 4.78 is 13.7. The average molecular weight is 373 g/mol. The monoisotopic (exact) mass is 373 g/mol. The molecular weight excluding hydrogens is 353 g/mol. The van der Waals surface area contributed by atoms with Crippen LogP contribution in [-0.2, 0) is 12.8 Å². The third kappa shape index (κ3) is 3.93. The van der Waals surface area contributed by atoms with Gasteiger partial charge in [-0.1, -0.05) is 30.3 Å². The molecular formula is C23H20FN3O. The van der Waals surface area contributed by atoms with Gasteiger partial charge < -0.3 is 10.3 Å². The highest BCUT2D eigenvalue weighted by Gasteiger charge is 2.09. The Hall–Kier alpha value is -3.47. The number of aromatic amines is 1. The van der Waals surface area contributed by atoms with E-state index < -0.39 is 0 Å². The van der Waals surface area contributed by atoms with Gasteiger partial charge in [-0.3, -0.25) is 4.79 Å². The number of benzene rings is 3. The Labute approximate surface area is 162 Å². The first-order valence-electron chi connectivity index (χ1n) is 9.18. The quantitative estimate of drug-likeness (QED) is 0.514. The van der Waals surface area contributed by atoms with E-state index in [4.69, 9.17) is 0 Å². The fourth-order valence-corrected chi connectivity index (χ4v) is 3.13. The third-order valence-corrected chi connectivity index (χ3v) is 4.71. The van der Waals surface area contributed by atoms with Crippen molar-refractivity contribution >= 4 is 22.6 Å². The predicted molar refractivity (Wildman–Crippen MR) is 109 cm³/mol. The summed E-state index contributed by atoms with van der Waals surface area (Å²) in [6.45, 7) is 1.67. The van der Waals surface area contributed by atoms with E-state index in [1.54, 1.807) is 19.1 Å². The number of nitrogens with one attached hydrogen (secondary N) is 2. The molecule has 0 saturated carbocycles. The summed E-state index contributed by atoms with van der Waals surface area (Å²) in [6.07, 6.45) is 1.57. The Kier molecular flexibility index (Phi) is 4.89. The van der Waals surface area contributed by atoms with Crippen LogP contribution >= 0.6 is 0 Å². The second-order valence-electron chi connectivity index (χ2n) is 6.82. The second kappa shape index (κ2) is 7.64. The second-order valence-corrected chi connectivity index (χ2v) is 6.82. The first kappa shape index (κ1) is 17.9. The Morgan fingerprint density at radius 1 is 1.04 bits per heavy atom. The number of H-pyrrole nitrogens is 1. The number of hydrogen-bond acceptors (Lipinski definition) is 2. The number of fused-ring (bicyclic) bond motifs is 1. The summed E-state index contributed by atoms with van der Waals surface area (Å²) in [5.41, 5.74) is 4.59. The minimum Gasteiger partial charge on any atom is -0.342 e. The van der Waals surface area contributed by atoms with Gasteiger partial charge in [-0.2, -0.15) is 0 Å². The maximum Gasteiger partial charge on any atom is 0.255 e. The van der Waals surface area contributed by atoms with Crippen LogP contribution in [0.25, 0.3) is 11.0 Å². The van der Waals surface area contributed by atoms with Crippen LogP contribution in [0.4, 0.5) is 10.1 Å². The molecule has 4 aromatic rings. The van der Waals surface area contributed by atoms with Crippen molar-refractivity contribution in [1.29, 1.82) is 0 Å². The van der Waals surface area contributed by atoms with E-state index in [2.05, 4.69) is 15.3 Å². The van der Waals surface area contributed by atoms with E-state index in [0.717, 1.165) is 35.3 Å². The molecule has 0 bridgehead atoms. The first-order chi connectivity index (χ1) is 13.6. The van der Waals surface area contributed by atoms with Gasteiger partial charge in [-0.15, -0.1) is 0 Å². The van der Waals surface area contributed by atoms with Crippen molar-refractivity contribution in [2.24, 2.45) is 0 Å². The lowest BCUT2D eigenvalue weighted by atomic mass is 10.1. The Morgan fingerprint density at radius 2 is 1.89 bits per heavy atom. The van der Waals surface area contributed by atoms with Crippen LogP contribution in [0.2, 0.25) is 0 Å². The number of imidazole rings is 1. The molecule has 4 rings (SSSR count). The van der Waals surface area contributed by atoms with Gasteiger partial charge in [0.1, 0.15) is 11.6 Å². The third-order valence-electron chi connectivity index (χ3n) is 4.71. The number of nitrogens with zero attached hydrogens (tertiary/aromatic N) is 1. The summed E-state index contributed by atoms with van der Waals surface area (Å²) >= 11 is 0. The molecule has 1 amide bonds. The number of para-hydroxylation sites is 2. The van der Waals surface area contributed by atoms with Crippen LogP contribution in [0.5, 0.6) is 0 Å². The fraction of sp³-hybridized carbons (Fsp3) is 0.130. The molecule has 0 unspecified atom stereocenters. The van der Waals surface area contributed by atoms with E-state index in [-0.39, 0.29) is 11.7 Å². The average Bonchev–Trinajstić information content (AvgIpc) is 3.12. The molecule has 2 N–H and O–H groups in total. The van der Waals surface area contributed by atoms with Gasteiger partial charge in [0, 0.05) is 17.7 Å². The first-order valence-corrected chi connectivity index (χ1v) is 9.18. The van der Waals surface area contributed by atoms with Gasteiger partial charge >= 0.3 is 0 Å². The van der Waals surface area contributed by atoms with Gasteiger partial charge in [0.05, 0.1) is 11.0 Å². The van der Waals surface area contributed by atoms with Crippen molar-refractivity contribution in [2.45, 2.75) is 19.8 Å². The van der Waals surface area contributed by atoms with Crippen LogP contribution in [0, 0.1) is 12.7 Å². The molecule has 0 saturated heterocycles. The van der Waals surface area contributed by atoms with Crippen LogP contribution in [-0.4, -0.2) is 15.9 Å². The number of anilines is 1. The molecule has 0 spiro atoms. The zero-order valence-corrected chi connectivity index (χ0v) is 15.5. The van der Waals surface area contributed by atoms with E-state index in [0.29, 0.717) is 16.8 Å². The van der Waals surface area contributed by atoms with Crippen LogP contribution in [0.3, 0.4) is 0 Å². The summed E-state index contributed by atoms with van der Waals surface area (Å²) in [5, 5.41) is 2.84. The highest BCUT2D eigenvalue weighted by Crippen LogP contribution is 2.17. The van der Waals surface area contributed by atoms with Gasteiger partial charge in [0.2, 0.25) is 0 Å². The molecule has 140 valence electrons. The number of halogens is 1. The van der Waals surface area contributed by atoms with E-state index in [1.165, 1.54) is 6.07 Å². The number of carbonyl (C=O) groups is 1. The lowest BCUT2D eigenvalue weighted by molar-refractivity contribution is 0.102. The standard InChI is InChI=1S/C23H20FN3O/c1-15-9-11-17(14-19(15)24)23(28)25-18-6-4-5-16(13-18)10-12-22-26-20-7-2-3-8-21(20)27-22/h2-9,11,13-14H,10,12H2,1H3,(H,25,28)(H,26,27). The van der Waals surface area contributed by atoms with Gasteiger partial charge in [-0.25, -0.2) is 9.37 Å². The minimum atomic E-state index is -0.382. The fourth-order valence-electron chi connectivity index (χ4n) is 3.13. The van der Waals surface area contributed by atoms with Gasteiger partial charge in [0.15, 0.2) is 0 Å². The molecule has 0 fully saturated rings. The molecule has 4 nitrogen and oxygen atoms in total. The SMILES string of the molecule is Cc1ccc(C(=O)Nc2cccc(CCc3nc4ccccc4[nH]3)c2)cc1F. The largest absolute Gasteiger partial charge is 0.342 e. The maximum atomic E-state index is 13.7. The molecule has 0 aliphatic rings. The van der Waals surface area contributed by atoms with Crippen LogP contribution in [0.1, 0.15) is 27.3 Å². The zero-order valence-electron chi connectivity index (χ0n) is 15.5. The van der Waals surface area contributed by atoms with E-state index in [9.17, 15) is 9.18 Å². The van der Waals surface area contributed by atoms with Crippen molar-refractivity contribution in [3.63, 3.8) is 0 Å².